The van der Waals surface area contributed by atoms with Crippen LogP contribution in [0.2, 0.25) is 0 Å². The molecule has 0 aliphatic heterocycles. The van der Waals surface area contributed by atoms with E-state index in [1.165, 1.54) is 47.5 Å². The third kappa shape index (κ3) is 8.86. The molecule has 0 unspecified atom stereocenters. The minimum atomic E-state index is -4.64. The zero-order valence-corrected chi connectivity index (χ0v) is 24.0. The van der Waals surface area contributed by atoms with Crippen molar-refractivity contribution < 1.29 is 25.9 Å². The van der Waals surface area contributed by atoms with Crippen molar-refractivity contribution in [3.05, 3.63) is 82.4 Å². The van der Waals surface area contributed by atoms with Crippen molar-refractivity contribution in [2.75, 3.05) is 5.73 Å². The predicted molar refractivity (Wildman–Crippen MR) is 157 cm³/mol. The molecule has 0 aliphatic carbocycles. The third-order valence-corrected chi connectivity index (χ3v) is 7.58. The number of nitrogens with zero attached hydrogens (tertiary/aromatic N) is 1. The summed E-state index contributed by atoms with van der Waals surface area (Å²) < 4.78 is 67.2. The topological polar surface area (TPSA) is 147 Å². The van der Waals surface area contributed by atoms with Crippen LogP contribution >= 0.6 is 0 Å². The van der Waals surface area contributed by atoms with Gasteiger partial charge in [0, 0.05) is 11.9 Å². The van der Waals surface area contributed by atoms with Crippen molar-refractivity contribution in [2.45, 2.75) is 50.3 Å². The average Bonchev–Trinajstić information content (AvgIpc) is 2.80. The smallest absolute Gasteiger partial charge is 0.295 e. The highest BCUT2D eigenvalue weighted by Gasteiger charge is 2.17. The number of hydrogen-bond acceptors (Lipinski definition) is 6. The van der Waals surface area contributed by atoms with Gasteiger partial charge in [0.05, 0.1) is 5.69 Å². The fraction of sp³-hybridized carbons (Fsp3) is 0.276. The first-order valence-electron chi connectivity index (χ1n) is 12.5. The van der Waals surface area contributed by atoms with Gasteiger partial charge in [0.2, 0.25) is 0 Å². The van der Waals surface area contributed by atoms with Gasteiger partial charge in [0.25, 0.3) is 20.2 Å². The first-order chi connectivity index (χ1) is 18.1. The summed E-state index contributed by atoms with van der Waals surface area (Å²) in [4.78, 5) is 3.63. The highest BCUT2D eigenvalue weighted by molar-refractivity contribution is 7.86. The van der Waals surface area contributed by atoms with Crippen molar-refractivity contribution in [1.82, 2.24) is 0 Å². The van der Waals surface area contributed by atoms with Crippen LogP contribution in [0.1, 0.15) is 55.5 Å². The molecule has 0 saturated carbocycles. The molecule has 0 amide bonds. The molecule has 0 spiro atoms. The molecule has 0 heterocycles. The van der Waals surface area contributed by atoms with E-state index in [0.717, 1.165) is 24.5 Å². The van der Waals surface area contributed by atoms with E-state index in [0.29, 0.717) is 17.5 Å². The van der Waals surface area contributed by atoms with Gasteiger partial charge >= 0.3 is 0 Å². The molecule has 208 valence electrons. The number of hydrogen-bond donors (Lipinski definition) is 3. The predicted octanol–water partition coefficient (Wildman–Crippen LogP) is 6.08. The molecule has 0 atom stereocenters. The lowest BCUT2D eigenvalue weighted by Gasteiger charge is -2.11. The van der Waals surface area contributed by atoms with Crippen molar-refractivity contribution in [3.63, 3.8) is 0 Å². The SMILES string of the molecule is CC(C)Cc1cc(C=Nc2ccc(/C=C/c3ccc(N)cc3S(=O)(=O)O)c(S(=O)(=O)O)c2)cc(CC(C)C)c1. The summed E-state index contributed by atoms with van der Waals surface area (Å²) >= 11 is 0. The second-order valence-corrected chi connectivity index (χ2v) is 13.1. The number of benzene rings is 3. The van der Waals surface area contributed by atoms with Crippen LogP contribution in [0.15, 0.2) is 69.4 Å². The van der Waals surface area contributed by atoms with Gasteiger partial charge in [-0.1, -0.05) is 70.2 Å². The molecule has 10 heteroatoms. The van der Waals surface area contributed by atoms with Crippen LogP contribution in [0.3, 0.4) is 0 Å². The Morgan fingerprint density at radius 2 is 1.23 bits per heavy atom. The molecule has 3 aromatic rings. The highest BCUT2D eigenvalue weighted by atomic mass is 32.2. The molecule has 0 aromatic heterocycles. The quantitative estimate of drug-likeness (QED) is 0.116. The van der Waals surface area contributed by atoms with Gasteiger partial charge < -0.3 is 5.73 Å². The fourth-order valence-corrected chi connectivity index (χ4v) is 5.67. The molecule has 0 fully saturated rings. The van der Waals surface area contributed by atoms with Gasteiger partial charge in [-0.2, -0.15) is 16.8 Å². The lowest BCUT2D eigenvalue weighted by Crippen LogP contribution is -2.02. The van der Waals surface area contributed by atoms with Crippen molar-refractivity contribution in [1.29, 1.82) is 0 Å². The van der Waals surface area contributed by atoms with Gasteiger partial charge in [-0.15, -0.1) is 0 Å². The zero-order valence-electron chi connectivity index (χ0n) is 22.4. The van der Waals surface area contributed by atoms with Crippen molar-refractivity contribution >= 4 is 50.0 Å². The van der Waals surface area contributed by atoms with Crippen LogP contribution in [-0.2, 0) is 33.1 Å². The zero-order chi connectivity index (χ0) is 29.0. The Balaban J connectivity index is 1.99. The standard InChI is InChI=1S/C29H34N2O6S2/c1-19(2)11-21-13-22(12-20(3)4)15-23(14-21)18-31-27-10-8-25(29(17-27)39(35,36)37)6-5-24-7-9-26(30)16-28(24)38(32,33)34/h5-10,13-20H,11-12,30H2,1-4H3,(H,32,33,34)(H,35,36,37)/b6-5+,31-18?. The van der Waals surface area contributed by atoms with E-state index >= 15 is 0 Å². The number of anilines is 1. The molecule has 39 heavy (non-hydrogen) atoms. The number of nitrogens with two attached hydrogens (primary N) is 1. The van der Waals surface area contributed by atoms with Crippen LogP contribution in [-0.4, -0.2) is 32.2 Å². The fourth-order valence-electron chi connectivity index (χ4n) is 4.25. The van der Waals surface area contributed by atoms with E-state index in [9.17, 15) is 25.9 Å². The Morgan fingerprint density at radius 3 is 1.72 bits per heavy atom. The minimum absolute atomic E-state index is 0.0913. The van der Waals surface area contributed by atoms with Gasteiger partial charge in [-0.05, 0) is 76.8 Å². The molecule has 0 bridgehead atoms. The molecule has 0 radical (unpaired) electrons. The van der Waals surface area contributed by atoms with Crippen molar-refractivity contribution in [2.24, 2.45) is 16.8 Å². The molecular formula is C29H34N2O6S2. The van der Waals surface area contributed by atoms with Crippen LogP contribution < -0.4 is 5.73 Å². The number of rotatable bonds is 10. The molecular weight excluding hydrogens is 536 g/mol. The third-order valence-electron chi connectivity index (χ3n) is 5.76. The van der Waals surface area contributed by atoms with Gasteiger partial charge in [0.15, 0.2) is 0 Å². The van der Waals surface area contributed by atoms with Crippen molar-refractivity contribution in [3.8, 4) is 0 Å². The van der Waals surface area contributed by atoms with E-state index < -0.39 is 30.0 Å². The normalized spacial score (nSPS) is 12.8. The van der Waals surface area contributed by atoms with Gasteiger partial charge in [0.1, 0.15) is 9.79 Å². The summed E-state index contributed by atoms with van der Waals surface area (Å²) in [7, 11) is -9.22. The van der Waals surface area contributed by atoms with E-state index in [4.69, 9.17) is 5.73 Å². The Morgan fingerprint density at radius 1 is 0.744 bits per heavy atom. The largest absolute Gasteiger partial charge is 0.399 e. The second kappa shape index (κ2) is 12.3. The van der Waals surface area contributed by atoms with E-state index in [1.807, 2.05) is 0 Å². The van der Waals surface area contributed by atoms with Crippen LogP contribution in [0.4, 0.5) is 11.4 Å². The first-order valence-corrected chi connectivity index (χ1v) is 15.3. The molecule has 3 aromatic carbocycles. The molecule has 0 saturated heterocycles. The maximum Gasteiger partial charge on any atom is 0.295 e. The maximum atomic E-state index is 12.2. The summed E-state index contributed by atoms with van der Waals surface area (Å²) in [6.45, 7) is 8.64. The monoisotopic (exact) mass is 570 g/mol. The maximum absolute atomic E-state index is 12.2. The Labute approximate surface area is 230 Å². The minimum Gasteiger partial charge on any atom is -0.399 e. The Bertz CT molecular complexity index is 1600. The Kier molecular flexibility index (Phi) is 9.50. The molecule has 0 aliphatic rings. The Hall–Kier alpha value is -3.31. The molecule has 8 nitrogen and oxygen atoms in total. The molecule has 3 rings (SSSR count). The first kappa shape index (κ1) is 30.2. The number of aliphatic imine (C=N–C) groups is 1. The number of nitrogen functional groups attached to an aromatic ring is 1. The summed E-state index contributed by atoms with van der Waals surface area (Å²) in [6, 6.07) is 14.5. The van der Waals surface area contributed by atoms with E-state index in [2.05, 4.69) is 50.9 Å². The molecule has 4 N–H and O–H groups in total. The summed E-state index contributed by atoms with van der Waals surface area (Å²) in [5.74, 6) is 0.979. The van der Waals surface area contributed by atoms with Crippen LogP contribution in [0, 0.1) is 11.8 Å². The van der Waals surface area contributed by atoms with Crippen LogP contribution in [0.25, 0.3) is 12.2 Å². The van der Waals surface area contributed by atoms with Crippen LogP contribution in [0.5, 0.6) is 0 Å². The highest BCUT2D eigenvalue weighted by Crippen LogP contribution is 2.27. The average molecular weight is 571 g/mol. The van der Waals surface area contributed by atoms with Gasteiger partial charge in [-0.25, -0.2) is 0 Å². The lowest BCUT2D eigenvalue weighted by atomic mass is 9.95. The van der Waals surface area contributed by atoms with E-state index in [1.54, 1.807) is 12.3 Å². The summed E-state index contributed by atoms with van der Waals surface area (Å²) in [5.41, 5.74) is 9.57. The lowest BCUT2D eigenvalue weighted by molar-refractivity contribution is 0.480. The second-order valence-electron chi connectivity index (χ2n) is 10.3. The van der Waals surface area contributed by atoms with E-state index in [-0.39, 0.29) is 16.8 Å². The summed E-state index contributed by atoms with van der Waals surface area (Å²) in [6.07, 6.45) is 6.15. The van der Waals surface area contributed by atoms with Gasteiger partial charge in [-0.3, -0.25) is 14.1 Å². The summed E-state index contributed by atoms with van der Waals surface area (Å²) in [5, 5.41) is 0.